The smallest absolute Gasteiger partial charge is 0.253 e. The lowest BCUT2D eigenvalue weighted by molar-refractivity contribution is 0.000908. The molecule has 4 rings (SSSR count). The van der Waals surface area contributed by atoms with Crippen molar-refractivity contribution in [2.24, 2.45) is 11.3 Å². The molecule has 3 aliphatic rings. The topological polar surface area (TPSA) is 53.0 Å². The Kier molecular flexibility index (Phi) is 5.77. The fraction of sp³-hybridized carbons (Fsp3) is 0.696. The van der Waals surface area contributed by atoms with E-state index in [1.54, 1.807) is 0 Å². The Hall–Kier alpha value is -1.43. The number of carbonyl (C=O) groups excluding carboxylic acids is 1. The van der Waals surface area contributed by atoms with Gasteiger partial charge < -0.3 is 14.7 Å². The molecule has 3 atom stereocenters. The first-order chi connectivity index (χ1) is 13.4. The molecule has 0 aromatic heterocycles. The van der Waals surface area contributed by atoms with Gasteiger partial charge in [-0.25, -0.2) is 0 Å². The van der Waals surface area contributed by atoms with E-state index >= 15 is 0 Å². The van der Waals surface area contributed by atoms with E-state index in [4.69, 9.17) is 4.74 Å². The van der Waals surface area contributed by atoms with E-state index in [1.807, 2.05) is 36.1 Å². The standard InChI is InChI=1S/C23H34N2O3/c1-17-4-3-5-19(12-17)22(27)25-10-7-23(8-11-25)13-20(28-16-23)14-24-9-6-18(2)21(26)15-24/h3-5,12,18,20-21,26H,6-11,13-16H2,1-2H3/t18-,20?,21-/m1/s1. The van der Waals surface area contributed by atoms with Crippen molar-refractivity contribution in [3.8, 4) is 0 Å². The maximum atomic E-state index is 12.8. The molecule has 1 aromatic carbocycles. The average Bonchev–Trinajstić information content (AvgIpc) is 3.07. The SMILES string of the molecule is Cc1cccc(C(=O)N2CCC3(CC2)COC(CN2CC[C@@H](C)[C@H](O)C2)C3)c1. The highest BCUT2D eigenvalue weighted by atomic mass is 16.5. The molecule has 154 valence electrons. The molecule has 28 heavy (non-hydrogen) atoms. The summed E-state index contributed by atoms with van der Waals surface area (Å²) in [7, 11) is 0. The summed E-state index contributed by atoms with van der Waals surface area (Å²) >= 11 is 0. The lowest BCUT2D eigenvalue weighted by atomic mass is 9.76. The molecular formula is C23H34N2O3. The quantitative estimate of drug-likeness (QED) is 0.868. The van der Waals surface area contributed by atoms with Gasteiger partial charge in [-0.3, -0.25) is 9.69 Å². The number of rotatable bonds is 3. The number of hydrogen-bond donors (Lipinski definition) is 1. The van der Waals surface area contributed by atoms with Gasteiger partial charge >= 0.3 is 0 Å². The van der Waals surface area contributed by atoms with Crippen molar-refractivity contribution in [3.05, 3.63) is 35.4 Å². The van der Waals surface area contributed by atoms with E-state index in [0.29, 0.717) is 5.92 Å². The molecule has 3 aliphatic heterocycles. The third kappa shape index (κ3) is 4.27. The third-order valence-electron chi connectivity index (χ3n) is 7.13. The van der Waals surface area contributed by atoms with Crippen molar-refractivity contribution >= 4 is 5.91 Å². The monoisotopic (exact) mass is 386 g/mol. The van der Waals surface area contributed by atoms with Crippen LogP contribution in [0.5, 0.6) is 0 Å². The molecule has 0 saturated carbocycles. The van der Waals surface area contributed by atoms with Gasteiger partial charge in [0.25, 0.3) is 5.91 Å². The molecule has 1 amide bonds. The van der Waals surface area contributed by atoms with Gasteiger partial charge in [0.2, 0.25) is 0 Å². The van der Waals surface area contributed by atoms with E-state index in [0.717, 1.165) is 76.1 Å². The summed E-state index contributed by atoms with van der Waals surface area (Å²) in [4.78, 5) is 17.2. The molecular weight excluding hydrogens is 352 g/mol. The minimum absolute atomic E-state index is 0.158. The number of ether oxygens (including phenoxy) is 1. The number of aliphatic hydroxyl groups is 1. The number of nitrogens with zero attached hydrogens (tertiary/aromatic N) is 2. The largest absolute Gasteiger partial charge is 0.392 e. The second-order valence-electron chi connectivity index (χ2n) is 9.39. The summed E-state index contributed by atoms with van der Waals surface area (Å²) in [5.41, 5.74) is 2.16. The number of amides is 1. The summed E-state index contributed by atoms with van der Waals surface area (Å²) in [6.07, 6.45) is 4.26. The molecule has 5 heteroatoms. The van der Waals surface area contributed by atoms with Crippen molar-refractivity contribution in [2.75, 3.05) is 39.3 Å². The minimum Gasteiger partial charge on any atom is -0.392 e. The number of carbonyl (C=O) groups is 1. The first kappa shape index (κ1) is 19.9. The van der Waals surface area contributed by atoms with Crippen LogP contribution in [0.15, 0.2) is 24.3 Å². The molecule has 3 saturated heterocycles. The van der Waals surface area contributed by atoms with Gasteiger partial charge in [-0.05, 0) is 62.6 Å². The van der Waals surface area contributed by atoms with Crippen LogP contribution < -0.4 is 0 Å². The number of likely N-dealkylation sites (tertiary alicyclic amines) is 2. The van der Waals surface area contributed by atoms with Gasteiger partial charge in [0.05, 0.1) is 18.8 Å². The van der Waals surface area contributed by atoms with Crippen molar-refractivity contribution in [1.82, 2.24) is 9.80 Å². The van der Waals surface area contributed by atoms with Crippen molar-refractivity contribution < 1.29 is 14.6 Å². The normalized spacial score (nSPS) is 30.7. The molecule has 0 aliphatic carbocycles. The van der Waals surface area contributed by atoms with Crippen LogP contribution in [0.4, 0.5) is 0 Å². The lowest BCUT2D eigenvalue weighted by Gasteiger charge is -2.39. The van der Waals surface area contributed by atoms with E-state index in [-0.39, 0.29) is 23.5 Å². The molecule has 5 nitrogen and oxygen atoms in total. The van der Waals surface area contributed by atoms with E-state index in [9.17, 15) is 9.90 Å². The maximum Gasteiger partial charge on any atom is 0.253 e. The van der Waals surface area contributed by atoms with Crippen LogP contribution in [0.3, 0.4) is 0 Å². The van der Waals surface area contributed by atoms with Crippen LogP contribution in [0.2, 0.25) is 0 Å². The van der Waals surface area contributed by atoms with Crippen LogP contribution in [0.25, 0.3) is 0 Å². The Labute approximate surface area is 168 Å². The van der Waals surface area contributed by atoms with E-state index in [1.165, 1.54) is 0 Å². The summed E-state index contributed by atoms with van der Waals surface area (Å²) < 4.78 is 6.18. The molecule has 3 heterocycles. The first-order valence-electron chi connectivity index (χ1n) is 10.8. The van der Waals surface area contributed by atoms with Gasteiger partial charge in [0.1, 0.15) is 0 Å². The number of aryl methyl sites for hydroxylation is 1. The highest BCUT2D eigenvalue weighted by Gasteiger charge is 2.43. The predicted octanol–water partition coefficient (Wildman–Crippen LogP) is 2.71. The van der Waals surface area contributed by atoms with E-state index < -0.39 is 0 Å². The zero-order valence-electron chi connectivity index (χ0n) is 17.3. The van der Waals surface area contributed by atoms with E-state index in [2.05, 4.69) is 11.8 Å². The number of hydrogen-bond acceptors (Lipinski definition) is 4. The van der Waals surface area contributed by atoms with Crippen LogP contribution in [0.1, 0.15) is 48.5 Å². The molecule has 1 unspecified atom stereocenters. The summed E-state index contributed by atoms with van der Waals surface area (Å²) in [5.74, 6) is 0.563. The Morgan fingerprint density at radius 1 is 1.29 bits per heavy atom. The average molecular weight is 387 g/mol. The molecule has 0 bridgehead atoms. The zero-order chi connectivity index (χ0) is 19.7. The maximum absolute atomic E-state index is 12.8. The molecule has 1 aromatic rings. The molecule has 1 spiro atoms. The van der Waals surface area contributed by atoms with Crippen LogP contribution >= 0.6 is 0 Å². The van der Waals surface area contributed by atoms with Gasteiger partial charge in [-0.1, -0.05) is 24.6 Å². The predicted molar refractivity (Wildman–Crippen MR) is 109 cm³/mol. The number of β-amino-alcohol motifs (C(OH)–C–C–N with tert-alkyl or cyclic N) is 1. The second-order valence-corrected chi connectivity index (χ2v) is 9.39. The Morgan fingerprint density at radius 2 is 2.07 bits per heavy atom. The summed E-state index contributed by atoms with van der Waals surface area (Å²) in [6, 6.07) is 7.89. The highest BCUT2D eigenvalue weighted by Crippen LogP contribution is 2.42. The zero-order valence-corrected chi connectivity index (χ0v) is 17.3. The van der Waals surface area contributed by atoms with Crippen LogP contribution in [-0.2, 0) is 4.74 Å². The minimum atomic E-state index is -0.208. The fourth-order valence-electron chi connectivity index (χ4n) is 5.07. The first-order valence-corrected chi connectivity index (χ1v) is 10.8. The van der Waals surface area contributed by atoms with Crippen LogP contribution in [0, 0.1) is 18.3 Å². The Balaban J connectivity index is 1.28. The van der Waals surface area contributed by atoms with Crippen molar-refractivity contribution in [1.29, 1.82) is 0 Å². The molecule has 3 fully saturated rings. The van der Waals surface area contributed by atoms with Gasteiger partial charge in [0.15, 0.2) is 0 Å². The number of aliphatic hydroxyl groups excluding tert-OH is 1. The lowest BCUT2D eigenvalue weighted by Crippen LogP contribution is -2.46. The summed E-state index contributed by atoms with van der Waals surface area (Å²) in [5, 5.41) is 10.1. The fourth-order valence-corrected chi connectivity index (χ4v) is 5.07. The second kappa shape index (κ2) is 8.13. The van der Waals surface area contributed by atoms with Gasteiger partial charge in [-0.15, -0.1) is 0 Å². The third-order valence-corrected chi connectivity index (χ3v) is 7.13. The van der Waals surface area contributed by atoms with Crippen molar-refractivity contribution in [3.63, 3.8) is 0 Å². The van der Waals surface area contributed by atoms with Crippen molar-refractivity contribution in [2.45, 2.75) is 51.7 Å². The Bertz CT molecular complexity index is 699. The Morgan fingerprint density at radius 3 is 2.79 bits per heavy atom. The van der Waals surface area contributed by atoms with Gasteiger partial charge in [0, 0.05) is 31.7 Å². The molecule has 1 N–H and O–H groups in total. The number of benzene rings is 1. The summed E-state index contributed by atoms with van der Waals surface area (Å²) in [6.45, 7) is 9.38. The van der Waals surface area contributed by atoms with Gasteiger partial charge in [-0.2, -0.15) is 0 Å². The van der Waals surface area contributed by atoms with Crippen LogP contribution in [-0.4, -0.2) is 72.4 Å². The molecule has 0 radical (unpaired) electrons. The highest BCUT2D eigenvalue weighted by molar-refractivity contribution is 5.94. The number of piperidine rings is 2.